The summed E-state index contributed by atoms with van der Waals surface area (Å²) in [5.41, 5.74) is 0. The molecule has 0 radical (unpaired) electrons. The van der Waals surface area contributed by atoms with Crippen LogP contribution in [0.3, 0.4) is 0 Å². The van der Waals surface area contributed by atoms with Crippen molar-refractivity contribution in [1.29, 1.82) is 0 Å². The molecule has 0 bridgehead atoms. The Morgan fingerprint density at radius 1 is 1.31 bits per heavy atom. The van der Waals surface area contributed by atoms with E-state index in [1.165, 1.54) is 0 Å². The first-order valence-corrected chi connectivity index (χ1v) is 5.58. The average molecular weight is 225 g/mol. The fourth-order valence-corrected chi connectivity index (χ4v) is 1.33. The fraction of sp³-hybridized carbons (Fsp3) is 0.636. The number of nitrogens with one attached hydrogen (secondary N) is 1. The molecular weight excluding hydrogens is 206 g/mol. The highest BCUT2D eigenvalue weighted by Gasteiger charge is 1.97. The number of methoxy groups -OCH3 is 1. The fourth-order valence-electron chi connectivity index (χ4n) is 1.33. The largest absolute Gasteiger partial charge is 0.481 e. The van der Waals surface area contributed by atoms with Crippen molar-refractivity contribution in [3.63, 3.8) is 0 Å². The number of aliphatic hydroxyl groups excluding tert-OH is 1. The van der Waals surface area contributed by atoms with Gasteiger partial charge in [0.2, 0.25) is 11.8 Å². The van der Waals surface area contributed by atoms with Gasteiger partial charge in [0.1, 0.15) is 0 Å². The predicted octanol–water partition coefficient (Wildman–Crippen LogP) is 1.45. The summed E-state index contributed by atoms with van der Waals surface area (Å²) < 4.78 is 5.00. The molecule has 0 saturated heterocycles. The Balaban J connectivity index is 2.16. The summed E-state index contributed by atoms with van der Waals surface area (Å²) in [7, 11) is 1.58. The molecule has 0 atom stereocenters. The molecule has 0 aliphatic heterocycles. The topological polar surface area (TPSA) is 67.3 Å². The molecule has 16 heavy (non-hydrogen) atoms. The minimum atomic E-state index is 0.284. The summed E-state index contributed by atoms with van der Waals surface area (Å²) in [5.74, 6) is 1.17. The van der Waals surface area contributed by atoms with Gasteiger partial charge in [0.05, 0.1) is 7.11 Å². The third kappa shape index (κ3) is 4.93. The van der Waals surface area contributed by atoms with Gasteiger partial charge in [-0.05, 0) is 12.8 Å². The van der Waals surface area contributed by atoms with Crippen molar-refractivity contribution in [2.24, 2.45) is 0 Å². The van der Waals surface area contributed by atoms with Crippen LogP contribution < -0.4 is 10.1 Å². The Labute approximate surface area is 95.9 Å². The molecule has 0 aromatic carbocycles. The third-order valence-corrected chi connectivity index (χ3v) is 2.21. The molecule has 0 aliphatic rings. The first-order chi connectivity index (χ1) is 7.86. The molecule has 0 saturated carbocycles. The van der Waals surface area contributed by atoms with E-state index in [1.807, 2.05) is 0 Å². The van der Waals surface area contributed by atoms with Crippen LogP contribution in [0.5, 0.6) is 5.88 Å². The molecule has 1 rings (SSSR count). The molecule has 5 nitrogen and oxygen atoms in total. The zero-order valence-corrected chi connectivity index (χ0v) is 9.65. The van der Waals surface area contributed by atoms with Crippen molar-refractivity contribution >= 4 is 5.95 Å². The minimum absolute atomic E-state index is 0.284. The molecule has 0 unspecified atom stereocenters. The van der Waals surface area contributed by atoms with Crippen LogP contribution >= 0.6 is 0 Å². The number of anilines is 1. The lowest BCUT2D eigenvalue weighted by Crippen LogP contribution is -2.05. The van der Waals surface area contributed by atoms with Gasteiger partial charge in [-0.1, -0.05) is 12.8 Å². The summed E-state index contributed by atoms with van der Waals surface area (Å²) >= 11 is 0. The van der Waals surface area contributed by atoms with Crippen molar-refractivity contribution in [1.82, 2.24) is 9.97 Å². The number of aliphatic hydroxyl groups is 1. The van der Waals surface area contributed by atoms with Crippen molar-refractivity contribution in [3.8, 4) is 5.88 Å². The van der Waals surface area contributed by atoms with Gasteiger partial charge in [0, 0.05) is 25.4 Å². The summed E-state index contributed by atoms with van der Waals surface area (Å²) in [4.78, 5) is 8.22. The number of rotatable bonds is 8. The van der Waals surface area contributed by atoms with Gasteiger partial charge in [-0.25, -0.2) is 4.98 Å². The second-order valence-electron chi connectivity index (χ2n) is 3.49. The minimum Gasteiger partial charge on any atom is -0.481 e. The number of unbranched alkanes of at least 4 members (excludes halogenated alkanes) is 3. The van der Waals surface area contributed by atoms with Gasteiger partial charge >= 0.3 is 0 Å². The number of hydrogen-bond donors (Lipinski definition) is 2. The number of hydrogen-bond acceptors (Lipinski definition) is 5. The van der Waals surface area contributed by atoms with Crippen LogP contribution in [0.15, 0.2) is 12.3 Å². The van der Waals surface area contributed by atoms with Gasteiger partial charge in [0.15, 0.2) is 0 Å². The summed E-state index contributed by atoms with van der Waals surface area (Å²) in [5, 5.41) is 11.7. The van der Waals surface area contributed by atoms with E-state index < -0.39 is 0 Å². The van der Waals surface area contributed by atoms with Crippen molar-refractivity contribution in [2.45, 2.75) is 25.7 Å². The van der Waals surface area contributed by atoms with E-state index in [4.69, 9.17) is 9.84 Å². The molecule has 0 fully saturated rings. The third-order valence-electron chi connectivity index (χ3n) is 2.21. The highest BCUT2D eigenvalue weighted by atomic mass is 16.5. The Bertz CT molecular complexity index is 294. The maximum absolute atomic E-state index is 8.61. The van der Waals surface area contributed by atoms with Gasteiger partial charge in [-0.2, -0.15) is 4.98 Å². The normalized spacial score (nSPS) is 10.1. The average Bonchev–Trinajstić information content (AvgIpc) is 2.34. The second kappa shape index (κ2) is 7.87. The van der Waals surface area contributed by atoms with Crippen LogP contribution in [0, 0.1) is 0 Å². The maximum Gasteiger partial charge on any atom is 0.225 e. The highest BCUT2D eigenvalue weighted by Crippen LogP contribution is 2.07. The summed E-state index contributed by atoms with van der Waals surface area (Å²) in [6.07, 6.45) is 5.78. The van der Waals surface area contributed by atoms with Gasteiger partial charge in [0.25, 0.3) is 0 Å². The van der Waals surface area contributed by atoms with E-state index in [2.05, 4.69) is 15.3 Å². The molecule has 90 valence electrons. The van der Waals surface area contributed by atoms with E-state index in [0.717, 1.165) is 32.2 Å². The van der Waals surface area contributed by atoms with E-state index >= 15 is 0 Å². The van der Waals surface area contributed by atoms with E-state index in [9.17, 15) is 0 Å². The monoisotopic (exact) mass is 225 g/mol. The molecule has 0 spiro atoms. The molecule has 5 heteroatoms. The summed E-state index contributed by atoms with van der Waals surface area (Å²) in [6, 6.07) is 1.71. The van der Waals surface area contributed by atoms with E-state index in [1.54, 1.807) is 19.4 Å². The molecule has 1 heterocycles. The standard InChI is InChI=1S/C11H19N3O2/c1-16-10-6-8-13-11(14-10)12-7-4-2-3-5-9-15/h6,8,15H,2-5,7,9H2,1H3,(H,12,13,14). The molecule has 1 aromatic heterocycles. The summed E-state index contributed by atoms with van der Waals surface area (Å²) in [6.45, 7) is 1.13. The lowest BCUT2D eigenvalue weighted by molar-refractivity contribution is 0.283. The number of nitrogens with zero attached hydrogens (tertiary/aromatic N) is 2. The first kappa shape index (κ1) is 12.7. The lowest BCUT2D eigenvalue weighted by atomic mass is 10.2. The van der Waals surface area contributed by atoms with Crippen molar-refractivity contribution in [2.75, 3.05) is 25.6 Å². The Morgan fingerprint density at radius 3 is 2.88 bits per heavy atom. The highest BCUT2D eigenvalue weighted by molar-refractivity contribution is 5.26. The van der Waals surface area contributed by atoms with Crippen LogP contribution in [-0.2, 0) is 0 Å². The number of aromatic nitrogens is 2. The predicted molar refractivity (Wildman–Crippen MR) is 62.6 cm³/mol. The van der Waals surface area contributed by atoms with Gasteiger partial charge in [-0.15, -0.1) is 0 Å². The van der Waals surface area contributed by atoms with Gasteiger partial charge < -0.3 is 15.2 Å². The Morgan fingerprint density at radius 2 is 2.12 bits per heavy atom. The first-order valence-electron chi connectivity index (χ1n) is 5.58. The molecular formula is C11H19N3O2. The van der Waals surface area contributed by atoms with Crippen LogP contribution in [-0.4, -0.2) is 35.3 Å². The van der Waals surface area contributed by atoms with Crippen LogP contribution in [0.2, 0.25) is 0 Å². The molecule has 0 amide bonds. The van der Waals surface area contributed by atoms with Crippen LogP contribution in [0.4, 0.5) is 5.95 Å². The molecule has 2 N–H and O–H groups in total. The molecule has 1 aromatic rings. The van der Waals surface area contributed by atoms with Gasteiger partial charge in [-0.3, -0.25) is 0 Å². The van der Waals surface area contributed by atoms with E-state index in [-0.39, 0.29) is 6.61 Å². The Hall–Kier alpha value is -1.36. The smallest absolute Gasteiger partial charge is 0.225 e. The zero-order valence-electron chi connectivity index (χ0n) is 9.65. The molecule has 0 aliphatic carbocycles. The quantitative estimate of drug-likeness (QED) is 0.655. The zero-order chi connectivity index (χ0) is 11.6. The van der Waals surface area contributed by atoms with E-state index in [0.29, 0.717) is 11.8 Å². The maximum atomic E-state index is 8.61. The second-order valence-corrected chi connectivity index (χ2v) is 3.49. The van der Waals surface area contributed by atoms with Crippen LogP contribution in [0.25, 0.3) is 0 Å². The van der Waals surface area contributed by atoms with Crippen molar-refractivity contribution < 1.29 is 9.84 Å². The number of ether oxygens (including phenoxy) is 1. The Kier molecular flexibility index (Phi) is 6.25. The van der Waals surface area contributed by atoms with Crippen LogP contribution in [0.1, 0.15) is 25.7 Å². The lowest BCUT2D eigenvalue weighted by Gasteiger charge is -2.05. The SMILES string of the molecule is COc1ccnc(NCCCCCCO)n1. The van der Waals surface area contributed by atoms with Crippen molar-refractivity contribution in [3.05, 3.63) is 12.3 Å².